The van der Waals surface area contributed by atoms with Crippen molar-refractivity contribution in [1.82, 2.24) is 5.32 Å². The largest absolute Gasteiger partial charge is 0.454 e. The molecule has 0 spiro atoms. The lowest BCUT2D eigenvalue weighted by Crippen LogP contribution is -2.32. The average Bonchev–Trinajstić information content (AvgIpc) is 3.04. The molecule has 1 aromatic heterocycles. The van der Waals surface area contributed by atoms with E-state index in [0.29, 0.717) is 0 Å². The van der Waals surface area contributed by atoms with Gasteiger partial charge in [-0.1, -0.05) is 35.9 Å². The Labute approximate surface area is 172 Å². The van der Waals surface area contributed by atoms with Gasteiger partial charge >= 0.3 is 5.97 Å². The fourth-order valence-corrected chi connectivity index (χ4v) is 3.82. The molecule has 2 amide bonds. The van der Waals surface area contributed by atoms with E-state index in [2.05, 4.69) is 5.32 Å². The third-order valence-electron chi connectivity index (χ3n) is 3.73. The number of benzene rings is 2. The summed E-state index contributed by atoms with van der Waals surface area (Å²) in [5, 5.41) is 5.34. The van der Waals surface area contributed by atoms with Gasteiger partial charge in [0, 0.05) is 10.1 Å². The SMILES string of the molecule is O=C(COC(=O)CNC(=O)c1sc2ccccc2c1Cl)Nc1c(F)cccc1F. The fraction of sp³-hybridized carbons (Fsp3) is 0.105. The predicted octanol–water partition coefficient (Wildman–Crippen LogP) is 3.74. The topological polar surface area (TPSA) is 84.5 Å². The van der Waals surface area contributed by atoms with E-state index in [4.69, 9.17) is 16.3 Å². The highest BCUT2D eigenvalue weighted by molar-refractivity contribution is 7.21. The van der Waals surface area contributed by atoms with Crippen LogP contribution in [0.2, 0.25) is 5.02 Å². The first-order valence-corrected chi connectivity index (χ1v) is 9.41. The Hall–Kier alpha value is -3.04. The summed E-state index contributed by atoms with van der Waals surface area (Å²) in [6.07, 6.45) is 0. The number of hydrogen-bond donors (Lipinski definition) is 2. The molecule has 0 radical (unpaired) electrons. The molecular weight excluding hydrogens is 426 g/mol. The molecule has 2 N–H and O–H groups in total. The van der Waals surface area contributed by atoms with Gasteiger partial charge in [-0.25, -0.2) is 8.78 Å². The maximum Gasteiger partial charge on any atom is 0.325 e. The minimum atomic E-state index is -0.961. The van der Waals surface area contributed by atoms with Gasteiger partial charge in [0.1, 0.15) is 28.7 Å². The number of esters is 1. The van der Waals surface area contributed by atoms with Gasteiger partial charge in [0.15, 0.2) is 6.61 Å². The molecule has 1 heterocycles. The molecule has 3 rings (SSSR count). The molecule has 0 aliphatic rings. The van der Waals surface area contributed by atoms with Crippen LogP contribution in [0.1, 0.15) is 9.67 Å². The molecule has 0 fully saturated rings. The molecule has 0 saturated heterocycles. The van der Waals surface area contributed by atoms with Crippen molar-refractivity contribution < 1.29 is 27.9 Å². The second-order valence-corrected chi connectivity index (χ2v) is 7.16. The van der Waals surface area contributed by atoms with Crippen LogP contribution in [0.25, 0.3) is 10.1 Å². The molecule has 0 unspecified atom stereocenters. The first-order valence-electron chi connectivity index (χ1n) is 8.21. The maximum atomic E-state index is 13.5. The number of thiophene rings is 1. The minimum absolute atomic E-state index is 0.244. The van der Waals surface area contributed by atoms with Crippen molar-refractivity contribution in [3.8, 4) is 0 Å². The van der Waals surface area contributed by atoms with Crippen LogP contribution in [0.4, 0.5) is 14.5 Å². The first-order chi connectivity index (χ1) is 13.9. The molecule has 3 aromatic rings. The summed E-state index contributed by atoms with van der Waals surface area (Å²) >= 11 is 7.37. The highest BCUT2D eigenvalue weighted by Crippen LogP contribution is 2.34. The quantitative estimate of drug-likeness (QED) is 0.574. The van der Waals surface area contributed by atoms with Crippen molar-refractivity contribution in [2.45, 2.75) is 0 Å². The van der Waals surface area contributed by atoms with Crippen molar-refractivity contribution >= 4 is 56.5 Å². The second kappa shape index (κ2) is 8.97. The van der Waals surface area contributed by atoms with Gasteiger partial charge < -0.3 is 15.4 Å². The summed E-state index contributed by atoms with van der Waals surface area (Å²) in [6.45, 7) is -1.28. The number of anilines is 1. The molecule has 29 heavy (non-hydrogen) atoms. The van der Waals surface area contributed by atoms with E-state index in [1.165, 1.54) is 11.3 Å². The zero-order valence-electron chi connectivity index (χ0n) is 14.6. The number of carbonyl (C=O) groups is 3. The van der Waals surface area contributed by atoms with Gasteiger partial charge in [-0.15, -0.1) is 11.3 Å². The summed E-state index contributed by atoms with van der Waals surface area (Å²) < 4.78 is 32.5. The molecule has 2 aromatic carbocycles. The van der Waals surface area contributed by atoms with Gasteiger partial charge in [-0.2, -0.15) is 0 Å². The zero-order chi connectivity index (χ0) is 21.0. The minimum Gasteiger partial charge on any atom is -0.454 e. The van der Waals surface area contributed by atoms with Gasteiger partial charge in [0.25, 0.3) is 11.8 Å². The van der Waals surface area contributed by atoms with Gasteiger partial charge in [0.2, 0.25) is 0 Å². The number of para-hydroxylation sites is 1. The van der Waals surface area contributed by atoms with Crippen molar-refractivity contribution in [3.05, 3.63) is 64.0 Å². The highest BCUT2D eigenvalue weighted by Gasteiger charge is 2.18. The van der Waals surface area contributed by atoms with E-state index in [9.17, 15) is 23.2 Å². The van der Waals surface area contributed by atoms with Crippen molar-refractivity contribution in [1.29, 1.82) is 0 Å². The van der Waals surface area contributed by atoms with Gasteiger partial charge in [0.05, 0.1) is 5.02 Å². The third-order valence-corrected chi connectivity index (χ3v) is 5.40. The smallest absolute Gasteiger partial charge is 0.325 e. The van der Waals surface area contributed by atoms with Gasteiger partial charge in [-0.05, 0) is 18.2 Å². The maximum absolute atomic E-state index is 13.5. The number of fused-ring (bicyclic) bond motifs is 1. The molecule has 0 atom stereocenters. The Morgan fingerprint density at radius 2 is 1.72 bits per heavy atom. The van der Waals surface area contributed by atoms with Crippen LogP contribution in [-0.2, 0) is 14.3 Å². The van der Waals surface area contributed by atoms with E-state index in [1.807, 2.05) is 17.4 Å². The summed E-state index contributed by atoms with van der Waals surface area (Å²) in [7, 11) is 0. The molecule has 0 aliphatic heterocycles. The second-order valence-electron chi connectivity index (χ2n) is 5.73. The van der Waals surface area contributed by atoms with Crippen LogP contribution in [0.3, 0.4) is 0 Å². The van der Waals surface area contributed by atoms with Crippen LogP contribution in [0, 0.1) is 11.6 Å². The van der Waals surface area contributed by atoms with E-state index >= 15 is 0 Å². The van der Waals surface area contributed by atoms with Crippen LogP contribution >= 0.6 is 22.9 Å². The Bertz CT molecular complexity index is 1080. The predicted molar refractivity (Wildman–Crippen MR) is 105 cm³/mol. The highest BCUT2D eigenvalue weighted by atomic mass is 35.5. The number of rotatable bonds is 6. The normalized spacial score (nSPS) is 10.6. The number of carbonyl (C=O) groups excluding carboxylic acids is 3. The van der Waals surface area contributed by atoms with E-state index < -0.39 is 48.3 Å². The van der Waals surface area contributed by atoms with E-state index in [1.54, 1.807) is 12.1 Å². The number of hydrogen-bond acceptors (Lipinski definition) is 5. The number of halogens is 3. The lowest BCUT2D eigenvalue weighted by atomic mass is 10.2. The monoisotopic (exact) mass is 438 g/mol. The van der Waals surface area contributed by atoms with Crippen LogP contribution < -0.4 is 10.6 Å². The van der Waals surface area contributed by atoms with Crippen LogP contribution in [-0.4, -0.2) is 30.9 Å². The third kappa shape index (κ3) is 4.87. The molecule has 150 valence electrons. The zero-order valence-corrected chi connectivity index (χ0v) is 16.2. The Kier molecular flexibility index (Phi) is 6.40. The lowest BCUT2D eigenvalue weighted by molar-refractivity contribution is -0.146. The molecular formula is C19H13ClF2N2O4S. The fourth-order valence-electron chi connectivity index (χ4n) is 2.38. The van der Waals surface area contributed by atoms with Crippen LogP contribution in [0.15, 0.2) is 42.5 Å². The summed E-state index contributed by atoms with van der Waals surface area (Å²) in [6, 6.07) is 10.3. The number of amides is 2. The molecule has 0 saturated carbocycles. The summed E-state index contributed by atoms with van der Waals surface area (Å²) in [5.41, 5.74) is -0.638. The molecule has 0 bridgehead atoms. The van der Waals surface area contributed by atoms with Crippen molar-refractivity contribution in [2.75, 3.05) is 18.5 Å². The first kappa shape index (κ1) is 20.7. The number of nitrogens with one attached hydrogen (secondary N) is 2. The van der Waals surface area contributed by atoms with Crippen molar-refractivity contribution in [2.24, 2.45) is 0 Å². The Morgan fingerprint density at radius 3 is 2.41 bits per heavy atom. The molecule has 0 aliphatic carbocycles. The average molecular weight is 439 g/mol. The Morgan fingerprint density at radius 1 is 1.03 bits per heavy atom. The molecule has 6 nitrogen and oxygen atoms in total. The standard InChI is InChI=1S/C19H13ClF2N2O4S/c20-16-10-4-1-2-7-13(10)29-18(16)19(27)23-8-15(26)28-9-14(25)24-17-11(21)5-3-6-12(17)22/h1-7H,8-9H2,(H,23,27)(H,24,25). The Balaban J connectivity index is 1.50. The lowest BCUT2D eigenvalue weighted by Gasteiger charge is -2.08. The van der Waals surface area contributed by atoms with Crippen LogP contribution in [0.5, 0.6) is 0 Å². The van der Waals surface area contributed by atoms with Crippen molar-refractivity contribution in [3.63, 3.8) is 0 Å². The molecule has 10 heteroatoms. The van der Waals surface area contributed by atoms with Gasteiger partial charge in [-0.3, -0.25) is 14.4 Å². The van der Waals surface area contributed by atoms with E-state index in [0.717, 1.165) is 28.3 Å². The summed E-state index contributed by atoms with van der Waals surface area (Å²) in [4.78, 5) is 35.9. The van der Waals surface area contributed by atoms with E-state index in [-0.39, 0.29) is 9.90 Å². The number of ether oxygens (including phenoxy) is 1. The summed E-state index contributed by atoms with van der Waals surface area (Å²) in [5.74, 6) is -4.32.